The second-order valence-electron chi connectivity index (χ2n) is 7.12. The molecule has 0 unspecified atom stereocenters. The first-order valence-corrected chi connectivity index (χ1v) is 10.00. The lowest BCUT2D eigenvalue weighted by atomic mass is 10.1. The van der Waals surface area contributed by atoms with E-state index in [1.165, 1.54) is 42.6 Å². The van der Waals surface area contributed by atoms with Crippen LogP contribution in [0.25, 0.3) is 0 Å². The number of rotatable bonds is 7. The van der Waals surface area contributed by atoms with E-state index in [0.29, 0.717) is 46.7 Å². The van der Waals surface area contributed by atoms with Crippen molar-refractivity contribution in [2.75, 3.05) is 24.5 Å². The fourth-order valence-corrected chi connectivity index (χ4v) is 4.31. The minimum atomic E-state index is -0.349. The van der Waals surface area contributed by atoms with Gasteiger partial charge in [0, 0.05) is 44.0 Å². The molecule has 1 saturated heterocycles. The summed E-state index contributed by atoms with van der Waals surface area (Å²) in [6.45, 7) is 3.91. The molecular weight excluding hydrogens is 367 g/mol. The van der Waals surface area contributed by atoms with Crippen LogP contribution in [-0.4, -0.2) is 46.3 Å². The number of thiazole rings is 1. The highest BCUT2D eigenvalue weighted by Crippen LogP contribution is 2.33. The molecule has 2 aromatic heterocycles. The van der Waals surface area contributed by atoms with Gasteiger partial charge in [0.05, 0.1) is 10.6 Å². The summed E-state index contributed by atoms with van der Waals surface area (Å²) < 4.78 is 13.7. The van der Waals surface area contributed by atoms with Crippen LogP contribution in [0.5, 0.6) is 0 Å². The van der Waals surface area contributed by atoms with Crippen LogP contribution in [0.15, 0.2) is 18.5 Å². The highest BCUT2D eigenvalue weighted by atomic mass is 32.1. The third-order valence-corrected chi connectivity index (χ3v) is 6.23. The maximum atomic E-state index is 13.7. The fraction of sp³-hybridized carbons (Fsp3) is 0.474. The van der Waals surface area contributed by atoms with Gasteiger partial charge in [0.15, 0.2) is 10.9 Å². The van der Waals surface area contributed by atoms with Gasteiger partial charge in [0.25, 0.3) is 0 Å². The number of anilines is 1. The molecule has 0 spiro atoms. The van der Waals surface area contributed by atoms with Crippen molar-refractivity contribution >= 4 is 28.3 Å². The van der Waals surface area contributed by atoms with Crippen LogP contribution in [0.4, 0.5) is 14.3 Å². The van der Waals surface area contributed by atoms with Gasteiger partial charge in [-0.25, -0.2) is 14.2 Å². The molecule has 1 aliphatic heterocycles. The molecule has 0 radical (unpaired) electrons. The molecule has 0 aromatic carbocycles. The molecule has 27 heavy (non-hydrogen) atoms. The van der Waals surface area contributed by atoms with Crippen LogP contribution in [0.3, 0.4) is 0 Å². The van der Waals surface area contributed by atoms with Crippen molar-refractivity contribution in [2.24, 2.45) is 5.92 Å². The molecule has 8 heteroatoms. The smallest absolute Gasteiger partial charge is 0.322 e. The lowest BCUT2D eigenvalue weighted by molar-refractivity contribution is 0.0985. The largest absolute Gasteiger partial charge is 0.326 e. The predicted molar refractivity (Wildman–Crippen MR) is 101 cm³/mol. The number of carbonyl (C=O) groups excluding carboxylic acids is 2. The average Bonchev–Trinajstić information content (AvgIpc) is 3.29. The number of Topliss-reactive ketones (excluding diaryl/α,β-unsaturated/α-hetero) is 1. The molecule has 1 saturated carbocycles. The summed E-state index contributed by atoms with van der Waals surface area (Å²) in [6, 6.07) is 1.27. The van der Waals surface area contributed by atoms with Crippen molar-refractivity contribution in [1.82, 2.24) is 14.9 Å². The number of pyridine rings is 1. The minimum absolute atomic E-state index is 0.0212. The summed E-state index contributed by atoms with van der Waals surface area (Å²) in [5, 5.41) is 0.576. The summed E-state index contributed by atoms with van der Waals surface area (Å²) in [5.41, 5.74) is 1.05. The summed E-state index contributed by atoms with van der Waals surface area (Å²) in [6.07, 6.45) is 5.73. The first kappa shape index (κ1) is 18.0. The molecule has 2 fully saturated rings. The molecule has 2 aromatic rings. The Morgan fingerprint density at radius 1 is 1.37 bits per heavy atom. The van der Waals surface area contributed by atoms with Crippen molar-refractivity contribution in [3.63, 3.8) is 0 Å². The first-order valence-electron chi connectivity index (χ1n) is 9.18. The highest BCUT2D eigenvalue weighted by molar-refractivity contribution is 7.17. The van der Waals surface area contributed by atoms with E-state index >= 15 is 0 Å². The molecule has 142 valence electrons. The number of carbonyl (C=O) groups is 2. The number of hydrogen-bond donors (Lipinski definition) is 0. The normalized spacial score (nSPS) is 17.0. The number of nitrogens with zero attached hydrogens (tertiary/aromatic N) is 4. The minimum Gasteiger partial charge on any atom is -0.322 e. The molecular formula is C19H21FN4O2S. The van der Waals surface area contributed by atoms with E-state index in [2.05, 4.69) is 9.97 Å². The molecule has 0 N–H and O–H groups in total. The molecule has 4 rings (SSSR count). The van der Waals surface area contributed by atoms with E-state index in [4.69, 9.17) is 0 Å². The quantitative estimate of drug-likeness (QED) is 0.682. The maximum Gasteiger partial charge on any atom is 0.326 e. The van der Waals surface area contributed by atoms with Gasteiger partial charge >= 0.3 is 6.03 Å². The summed E-state index contributed by atoms with van der Waals surface area (Å²) in [7, 11) is 0. The van der Waals surface area contributed by atoms with Crippen LogP contribution < -0.4 is 4.90 Å². The summed E-state index contributed by atoms with van der Waals surface area (Å²) >= 11 is 1.25. The van der Waals surface area contributed by atoms with E-state index < -0.39 is 0 Å². The number of ketones is 1. The molecule has 2 aliphatic rings. The highest BCUT2D eigenvalue weighted by Gasteiger charge is 2.35. The van der Waals surface area contributed by atoms with Gasteiger partial charge in [0.2, 0.25) is 0 Å². The van der Waals surface area contributed by atoms with E-state index in [1.54, 1.807) is 11.8 Å². The van der Waals surface area contributed by atoms with E-state index in [1.807, 2.05) is 4.90 Å². The Morgan fingerprint density at radius 3 is 2.93 bits per heavy atom. The van der Waals surface area contributed by atoms with Crippen LogP contribution in [0.1, 0.15) is 40.2 Å². The summed E-state index contributed by atoms with van der Waals surface area (Å²) in [4.78, 5) is 37.6. The number of urea groups is 1. The molecule has 3 heterocycles. The standard InChI is InChI=1S/C19H21FN4O2S/c1-12-17(16(25)5-4-14-10-21-7-6-15(14)20)27-18(22-12)24-9-8-23(19(24)26)11-13-2-3-13/h6-7,10,13H,2-5,8-9,11H2,1H3. The fourth-order valence-electron chi connectivity index (χ4n) is 3.25. The van der Waals surface area contributed by atoms with Gasteiger partial charge in [-0.3, -0.25) is 14.7 Å². The topological polar surface area (TPSA) is 66.4 Å². The van der Waals surface area contributed by atoms with Gasteiger partial charge < -0.3 is 4.90 Å². The average molecular weight is 388 g/mol. The second-order valence-corrected chi connectivity index (χ2v) is 8.10. The van der Waals surface area contributed by atoms with Crippen LogP contribution in [0.2, 0.25) is 0 Å². The van der Waals surface area contributed by atoms with Crippen molar-refractivity contribution in [3.05, 3.63) is 40.4 Å². The van der Waals surface area contributed by atoms with Crippen molar-refractivity contribution in [1.29, 1.82) is 0 Å². The zero-order valence-electron chi connectivity index (χ0n) is 15.2. The Bertz CT molecular complexity index is 880. The first-order chi connectivity index (χ1) is 13.0. The molecule has 2 amide bonds. The van der Waals surface area contributed by atoms with Crippen LogP contribution >= 0.6 is 11.3 Å². The number of hydrogen-bond acceptors (Lipinski definition) is 5. The maximum absolute atomic E-state index is 13.7. The van der Waals surface area contributed by atoms with Crippen LogP contribution in [0, 0.1) is 18.7 Å². The lowest BCUT2D eigenvalue weighted by Crippen LogP contribution is -2.33. The Hall–Kier alpha value is -2.35. The van der Waals surface area contributed by atoms with Crippen molar-refractivity contribution in [2.45, 2.75) is 32.6 Å². The number of aromatic nitrogens is 2. The Balaban J connectivity index is 1.42. The molecule has 1 aliphatic carbocycles. The Labute approximate surface area is 161 Å². The second kappa shape index (κ2) is 7.34. The van der Waals surface area contributed by atoms with Gasteiger partial charge in [-0.2, -0.15) is 0 Å². The van der Waals surface area contributed by atoms with Gasteiger partial charge in [-0.15, -0.1) is 0 Å². The molecule has 0 atom stereocenters. The predicted octanol–water partition coefficient (Wildman–Crippen LogP) is 3.45. The van der Waals surface area contributed by atoms with Gasteiger partial charge in [-0.1, -0.05) is 11.3 Å². The van der Waals surface area contributed by atoms with Gasteiger partial charge in [0.1, 0.15) is 5.82 Å². The lowest BCUT2D eigenvalue weighted by Gasteiger charge is -2.16. The van der Waals surface area contributed by atoms with Crippen molar-refractivity contribution in [3.8, 4) is 0 Å². The monoisotopic (exact) mass is 388 g/mol. The third-order valence-electron chi connectivity index (χ3n) is 5.01. The van der Waals surface area contributed by atoms with E-state index in [-0.39, 0.29) is 24.1 Å². The molecule has 0 bridgehead atoms. The SMILES string of the molecule is Cc1nc(N2CCN(CC3CC3)C2=O)sc1C(=O)CCc1cnccc1F. The van der Waals surface area contributed by atoms with Crippen LogP contribution in [-0.2, 0) is 6.42 Å². The summed E-state index contributed by atoms with van der Waals surface area (Å²) in [5.74, 6) is 0.218. The van der Waals surface area contributed by atoms with E-state index in [9.17, 15) is 14.0 Å². The third kappa shape index (κ3) is 3.85. The van der Waals surface area contributed by atoms with Gasteiger partial charge in [-0.05, 0) is 38.2 Å². The number of amides is 2. The Morgan fingerprint density at radius 2 is 2.19 bits per heavy atom. The van der Waals surface area contributed by atoms with Crippen molar-refractivity contribution < 1.29 is 14.0 Å². The Kier molecular flexibility index (Phi) is 4.90. The number of halogens is 1. The molecule has 6 nitrogen and oxygen atoms in total. The zero-order valence-corrected chi connectivity index (χ0v) is 16.0. The van der Waals surface area contributed by atoms with E-state index in [0.717, 1.165) is 6.54 Å². The zero-order chi connectivity index (χ0) is 19.0. The number of aryl methyl sites for hydroxylation is 2.